The molecule has 2 aromatic rings. The molecule has 0 radical (unpaired) electrons. The van der Waals surface area contributed by atoms with Crippen LogP contribution < -0.4 is 0 Å². The second-order valence-electron chi connectivity index (χ2n) is 3.19. The quantitative estimate of drug-likeness (QED) is 0.706. The SMILES string of the molecule is Cc1nc(S(C)(=O)=O)c2ccccn12. The number of aromatic nitrogens is 2. The van der Waals surface area contributed by atoms with Crippen LogP contribution in [-0.4, -0.2) is 24.1 Å². The summed E-state index contributed by atoms with van der Waals surface area (Å²) in [7, 11) is -3.24. The number of pyridine rings is 1. The first-order valence-electron chi connectivity index (χ1n) is 4.14. The van der Waals surface area contributed by atoms with Crippen molar-refractivity contribution in [2.45, 2.75) is 11.9 Å². The highest BCUT2D eigenvalue weighted by molar-refractivity contribution is 7.90. The topological polar surface area (TPSA) is 51.4 Å². The molecule has 0 spiro atoms. The van der Waals surface area contributed by atoms with Crippen LogP contribution in [0, 0.1) is 6.92 Å². The van der Waals surface area contributed by atoms with Gasteiger partial charge in [-0.25, -0.2) is 13.4 Å². The highest BCUT2D eigenvalue weighted by Gasteiger charge is 2.16. The van der Waals surface area contributed by atoms with Gasteiger partial charge >= 0.3 is 0 Å². The zero-order valence-corrected chi connectivity index (χ0v) is 8.75. The predicted molar refractivity (Wildman–Crippen MR) is 53.0 cm³/mol. The van der Waals surface area contributed by atoms with E-state index < -0.39 is 9.84 Å². The number of hydrogen-bond acceptors (Lipinski definition) is 3. The normalized spacial score (nSPS) is 12.1. The Hall–Kier alpha value is -1.36. The van der Waals surface area contributed by atoms with Crippen molar-refractivity contribution in [3.05, 3.63) is 30.2 Å². The van der Waals surface area contributed by atoms with Crippen LogP contribution in [0.5, 0.6) is 0 Å². The average Bonchev–Trinajstić information content (AvgIpc) is 2.44. The minimum absolute atomic E-state index is 0.149. The molecule has 0 aliphatic heterocycles. The van der Waals surface area contributed by atoms with Crippen LogP contribution in [0.3, 0.4) is 0 Å². The maximum Gasteiger partial charge on any atom is 0.194 e. The number of imidazole rings is 1. The highest BCUT2D eigenvalue weighted by Crippen LogP contribution is 2.16. The third-order valence-corrected chi connectivity index (χ3v) is 3.05. The van der Waals surface area contributed by atoms with Gasteiger partial charge in [-0.05, 0) is 19.1 Å². The van der Waals surface area contributed by atoms with Crippen molar-refractivity contribution in [2.24, 2.45) is 0 Å². The second-order valence-corrected chi connectivity index (χ2v) is 5.12. The standard InChI is InChI=1S/C9H10N2O2S/c1-7-10-9(14(2,12)13)8-5-3-4-6-11(7)8/h3-6H,1-2H3. The van der Waals surface area contributed by atoms with Crippen LogP contribution in [0.15, 0.2) is 29.4 Å². The van der Waals surface area contributed by atoms with Gasteiger partial charge in [-0.3, -0.25) is 0 Å². The monoisotopic (exact) mass is 210 g/mol. The molecule has 14 heavy (non-hydrogen) atoms. The Morgan fingerprint density at radius 3 is 2.71 bits per heavy atom. The van der Waals surface area contributed by atoms with Gasteiger partial charge in [0.25, 0.3) is 0 Å². The lowest BCUT2D eigenvalue weighted by molar-refractivity contribution is 0.599. The van der Waals surface area contributed by atoms with Gasteiger partial charge in [0.2, 0.25) is 0 Å². The van der Waals surface area contributed by atoms with Crippen molar-refractivity contribution >= 4 is 15.4 Å². The fraction of sp³-hybridized carbons (Fsp3) is 0.222. The largest absolute Gasteiger partial charge is 0.303 e. The van der Waals surface area contributed by atoms with Crippen LogP contribution in [0.25, 0.3) is 5.52 Å². The van der Waals surface area contributed by atoms with E-state index in [1.165, 1.54) is 6.26 Å². The second kappa shape index (κ2) is 2.81. The third-order valence-electron chi connectivity index (χ3n) is 2.04. The van der Waals surface area contributed by atoms with Gasteiger partial charge in [-0.1, -0.05) is 6.07 Å². The Morgan fingerprint density at radius 1 is 1.36 bits per heavy atom. The molecule has 2 rings (SSSR count). The van der Waals surface area contributed by atoms with Crippen LogP contribution in [0.4, 0.5) is 0 Å². The number of sulfone groups is 1. The van der Waals surface area contributed by atoms with Crippen LogP contribution in [-0.2, 0) is 9.84 Å². The average molecular weight is 210 g/mol. The Bertz CT molecular complexity index is 584. The van der Waals surface area contributed by atoms with Gasteiger partial charge in [0.1, 0.15) is 5.82 Å². The summed E-state index contributed by atoms with van der Waals surface area (Å²) in [5.41, 5.74) is 0.632. The molecule has 0 bridgehead atoms. The number of aryl methyl sites for hydroxylation is 1. The van der Waals surface area contributed by atoms with E-state index in [1.54, 1.807) is 29.7 Å². The van der Waals surface area contributed by atoms with Gasteiger partial charge < -0.3 is 4.40 Å². The smallest absolute Gasteiger partial charge is 0.194 e. The fourth-order valence-electron chi connectivity index (χ4n) is 1.43. The fourth-order valence-corrected chi connectivity index (χ4v) is 2.27. The first-order chi connectivity index (χ1) is 6.50. The van der Waals surface area contributed by atoms with Crippen molar-refractivity contribution < 1.29 is 8.42 Å². The first kappa shape index (κ1) is 9.21. The van der Waals surface area contributed by atoms with Crippen molar-refractivity contribution in [1.82, 2.24) is 9.38 Å². The molecule has 2 heterocycles. The van der Waals surface area contributed by atoms with E-state index in [1.807, 2.05) is 6.07 Å². The lowest BCUT2D eigenvalue weighted by Crippen LogP contribution is -1.97. The van der Waals surface area contributed by atoms with E-state index in [0.29, 0.717) is 11.3 Å². The Morgan fingerprint density at radius 2 is 2.07 bits per heavy atom. The minimum atomic E-state index is -3.24. The summed E-state index contributed by atoms with van der Waals surface area (Å²) in [4.78, 5) is 4.04. The molecule has 0 fully saturated rings. The predicted octanol–water partition coefficient (Wildman–Crippen LogP) is 1.05. The summed E-state index contributed by atoms with van der Waals surface area (Å²) >= 11 is 0. The molecule has 2 aromatic heterocycles. The van der Waals surface area contributed by atoms with Crippen LogP contribution in [0.1, 0.15) is 5.82 Å². The summed E-state index contributed by atoms with van der Waals surface area (Å²) in [5.74, 6) is 0.682. The lowest BCUT2D eigenvalue weighted by Gasteiger charge is -1.94. The van der Waals surface area contributed by atoms with Gasteiger partial charge in [0.05, 0.1) is 5.52 Å². The van der Waals surface area contributed by atoms with Crippen molar-refractivity contribution in [1.29, 1.82) is 0 Å². The molecule has 0 N–H and O–H groups in total. The molecule has 0 atom stereocenters. The third kappa shape index (κ3) is 1.29. The summed E-state index contributed by atoms with van der Waals surface area (Å²) in [6.07, 6.45) is 2.97. The molecular weight excluding hydrogens is 200 g/mol. The number of hydrogen-bond donors (Lipinski definition) is 0. The lowest BCUT2D eigenvalue weighted by atomic mass is 10.4. The number of nitrogens with zero attached hydrogens (tertiary/aromatic N) is 2. The van der Waals surface area contributed by atoms with E-state index in [9.17, 15) is 8.42 Å². The molecule has 5 heteroatoms. The Balaban J connectivity index is 2.93. The van der Waals surface area contributed by atoms with Crippen molar-refractivity contribution in [3.8, 4) is 0 Å². The molecule has 0 saturated heterocycles. The molecular formula is C9H10N2O2S. The van der Waals surface area contributed by atoms with E-state index in [0.717, 1.165) is 0 Å². The van der Waals surface area contributed by atoms with E-state index >= 15 is 0 Å². The maximum absolute atomic E-state index is 11.4. The summed E-state index contributed by atoms with van der Waals surface area (Å²) in [6, 6.07) is 5.38. The molecule has 0 aliphatic carbocycles. The Labute approximate surface area is 82.1 Å². The van der Waals surface area contributed by atoms with Crippen molar-refractivity contribution in [2.75, 3.05) is 6.26 Å². The molecule has 0 amide bonds. The molecule has 74 valence electrons. The van der Waals surface area contributed by atoms with Crippen LogP contribution >= 0.6 is 0 Å². The van der Waals surface area contributed by atoms with E-state index in [2.05, 4.69) is 4.98 Å². The van der Waals surface area contributed by atoms with Gasteiger partial charge in [-0.15, -0.1) is 0 Å². The zero-order valence-electron chi connectivity index (χ0n) is 7.93. The maximum atomic E-state index is 11.4. The number of rotatable bonds is 1. The van der Waals surface area contributed by atoms with Gasteiger partial charge in [0, 0.05) is 12.5 Å². The minimum Gasteiger partial charge on any atom is -0.303 e. The molecule has 0 unspecified atom stereocenters. The summed E-state index contributed by atoms with van der Waals surface area (Å²) < 4.78 is 24.5. The summed E-state index contributed by atoms with van der Waals surface area (Å²) in [5, 5.41) is 0.149. The molecule has 0 aliphatic rings. The molecule has 0 aromatic carbocycles. The Kier molecular flexibility index (Phi) is 1.85. The number of fused-ring (bicyclic) bond motifs is 1. The van der Waals surface area contributed by atoms with Gasteiger partial charge in [0.15, 0.2) is 14.9 Å². The van der Waals surface area contributed by atoms with Crippen LogP contribution in [0.2, 0.25) is 0 Å². The molecule has 4 nitrogen and oxygen atoms in total. The molecule has 0 saturated carbocycles. The van der Waals surface area contributed by atoms with Crippen molar-refractivity contribution in [3.63, 3.8) is 0 Å². The summed E-state index contributed by atoms with van der Waals surface area (Å²) in [6.45, 7) is 1.78. The van der Waals surface area contributed by atoms with E-state index in [4.69, 9.17) is 0 Å². The van der Waals surface area contributed by atoms with Gasteiger partial charge in [-0.2, -0.15) is 0 Å². The highest BCUT2D eigenvalue weighted by atomic mass is 32.2. The van der Waals surface area contributed by atoms with E-state index in [-0.39, 0.29) is 5.03 Å². The first-order valence-corrected chi connectivity index (χ1v) is 6.03. The zero-order chi connectivity index (χ0) is 10.3.